The molecule has 1 aromatic rings. The molecule has 1 amide bonds. The van der Waals surface area contributed by atoms with Crippen molar-refractivity contribution in [3.8, 4) is 0 Å². The van der Waals surface area contributed by atoms with Crippen LogP contribution < -0.4 is 5.73 Å². The normalized spacial score (nSPS) is 18.6. The van der Waals surface area contributed by atoms with Crippen LogP contribution in [-0.4, -0.2) is 47.6 Å². The van der Waals surface area contributed by atoms with Crippen molar-refractivity contribution in [2.75, 3.05) is 18.9 Å². The van der Waals surface area contributed by atoms with Gasteiger partial charge in [-0.15, -0.1) is 0 Å². The van der Waals surface area contributed by atoms with Crippen LogP contribution in [0.5, 0.6) is 0 Å². The largest absolute Gasteiger partial charge is 0.444 e. The summed E-state index contributed by atoms with van der Waals surface area (Å²) in [6.07, 6.45) is 2.63. The van der Waals surface area contributed by atoms with Crippen molar-refractivity contribution in [2.24, 2.45) is 0 Å². The Labute approximate surface area is 164 Å². The molecule has 2 N–H and O–H groups in total. The van der Waals surface area contributed by atoms with E-state index in [1.54, 1.807) is 4.68 Å². The topological polar surface area (TPSA) is 82.6 Å². The average Bonchev–Trinajstić information content (AvgIpc) is 2.90. The fourth-order valence-corrected chi connectivity index (χ4v) is 3.89. The van der Waals surface area contributed by atoms with Gasteiger partial charge in [-0.05, 0) is 46.1 Å². The number of carbonyl (C=O) groups is 1. The maximum atomic E-state index is 12.7. The number of hydrogen-bond acceptors (Lipinski definition) is 5. The summed E-state index contributed by atoms with van der Waals surface area (Å²) in [5, 5.41) is 4.39. The van der Waals surface area contributed by atoms with Gasteiger partial charge in [-0.2, -0.15) is 5.10 Å². The number of anilines is 1. The van der Waals surface area contributed by atoms with E-state index in [-0.39, 0.29) is 12.1 Å². The second-order valence-corrected chi connectivity index (χ2v) is 15.1. The van der Waals surface area contributed by atoms with E-state index in [0.717, 1.165) is 37.6 Å². The lowest BCUT2D eigenvalue weighted by Crippen LogP contribution is -2.42. The number of piperidine rings is 1. The third-order valence-corrected chi connectivity index (χ3v) is 6.22. The monoisotopic (exact) mass is 396 g/mol. The molecular formula is C19H36N4O3Si. The minimum atomic E-state index is -1.13. The van der Waals surface area contributed by atoms with Crippen molar-refractivity contribution in [2.45, 2.75) is 84.1 Å². The van der Waals surface area contributed by atoms with E-state index in [1.165, 1.54) is 0 Å². The Hall–Kier alpha value is -1.54. The third-order valence-electron chi connectivity index (χ3n) is 4.51. The highest BCUT2D eigenvalue weighted by molar-refractivity contribution is 6.76. The van der Waals surface area contributed by atoms with Crippen LogP contribution in [0, 0.1) is 0 Å². The molecule has 0 bridgehead atoms. The van der Waals surface area contributed by atoms with Gasteiger partial charge in [0.2, 0.25) is 0 Å². The smallest absolute Gasteiger partial charge is 0.410 e. The molecule has 1 fully saturated rings. The minimum Gasteiger partial charge on any atom is -0.444 e. The van der Waals surface area contributed by atoms with E-state index in [4.69, 9.17) is 15.2 Å². The zero-order valence-electron chi connectivity index (χ0n) is 17.7. The minimum absolute atomic E-state index is 0.0843. The third kappa shape index (κ3) is 6.84. The Morgan fingerprint density at radius 3 is 2.67 bits per heavy atom. The number of carbonyl (C=O) groups excluding carboxylic acids is 1. The van der Waals surface area contributed by atoms with Gasteiger partial charge in [0.05, 0.1) is 11.7 Å². The van der Waals surface area contributed by atoms with Crippen molar-refractivity contribution in [1.29, 1.82) is 0 Å². The maximum absolute atomic E-state index is 12.7. The van der Waals surface area contributed by atoms with Crippen molar-refractivity contribution in [3.63, 3.8) is 0 Å². The summed E-state index contributed by atoms with van der Waals surface area (Å²) in [6, 6.07) is 2.88. The molecule has 0 saturated carbocycles. The van der Waals surface area contributed by atoms with Gasteiger partial charge in [-0.25, -0.2) is 9.48 Å². The number of nitrogens with two attached hydrogens (primary N) is 1. The summed E-state index contributed by atoms with van der Waals surface area (Å²) >= 11 is 0. The predicted octanol–water partition coefficient (Wildman–Crippen LogP) is 4.24. The van der Waals surface area contributed by atoms with Crippen LogP contribution in [0.2, 0.25) is 25.7 Å². The van der Waals surface area contributed by atoms with Crippen LogP contribution in [0.4, 0.5) is 10.6 Å². The number of rotatable bonds is 6. The number of nitrogens with zero attached hydrogens (tertiary/aromatic N) is 3. The molecule has 2 rings (SSSR count). The first-order valence-corrected chi connectivity index (χ1v) is 13.6. The van der Waals surface area contributed by atoms with E-state index in [9.17, 15) is 4.79 Å². The van der Waals surface area contributed by atoms with E-state index >= 15 is 0 Å². The standard InChI is InChI=1S/C19H36N4O3Si/c1-19(2,3)26-18(24)22-10-8-7-9-15(22)16-13-17(20)21-23(16)14-25-11-12-27(4,5)6/h13,15H,7-12,14H2,1-6H3,(H2,20,21)/t15-/m1/s1. The van der Waals surface area contributed by atoms with E-state index < -0.39 is 13.7 Å². The number of nitrogen functional groups attached to an aromatic ring is 1. The second kappa shape index (κ2) is 8.64. The van der Waals surface area contributed by atoms with Crippen LogP contribution in [0.1, 0.15) is 51.8 Å². The van der Waals surface area contributed by atoms with E-state index in [0.29, 0.717) is 19.1 Å². The first-order chi connectivity index (χ1) is 12.5. The van der Waals surface area contributed by atoms with Crippen LogP contribution in [0.3, 0.4) is 0 Å². The van der Waals surface area contributed by atoms with Gasteiger partial charge >= 0.3 is 6.09 Å². The first-order valence-electron chi connectivity index (χ1n) is 9.87. The zero-order chi connectivity index (χ0) is 20.2. The first kappa shape index (κ1) is 21.8. The summed E-state index contributed by atoms with van der Waals surface area (Å²) in [5.41, 5.74) is 6.37. The SMILES string of the molecule is CC(C)(C)OC(=O)N1CCCC[C@@H]1c1cc(N)nn1COCC[Si](C)(C)C. The molecule has 7 nitrogen and oxygen atoms in total. The Bertz CT molecular complexity index is 634. The van der Waals surface area contributed by atoms with Gasteiger partial charge in [0.1, 0.15) is 18.1 Å². The fraction of sp³-hybridized carbons (Fsp3) is 0.789. The Kier molecular flexibility index (Phi) is 6.96. The maximum Gasteiger partial charge on any atom is 0.410 e. The number of aromatic nitrogens is 2. The summed E-state index contributed by atoms with van der Waals surface area (Å²) < 4.78 is 13.3. The van der Waals surface area contributed by atoms with Gasteiger partial charge in [0.25, 0.3) is 0 Å². The molecule has 1 aromatic heterocycles. The van der Waals surface area contributed by atoms with Gasteiger partial charge in [-0.1, -0.05) is 19.6 Å². The van der Waals surface area contributed by atoms with Gasteiger partial charge in [0.15, 0.2) is 0 Å². The lowest BCUT2D eigenvalue weighted by molar-refractivity contribution is 0.00661. The summed E-state index contributed by atoms with van der Waals surface area (Å²) in [5.74, 6) is 0.452. The number of amides is 1. The molecule has 0 radical (unpaired) electrons. The summed E-state index contributed by atoms with van der Waals surface area (Å²) in [4.78, 5) is 14.5. The lowest BCUT2D eigenvalue weighted by atomic mass is 9.99. The van der Waals surface area contributed by atoms with Crippen molar-refractivity contribution in [1.82, 2.24) is 14.7 Å². The van der Waals surface area contributed by atoms with Crippen LogP contribution in [0.25, 0.3) is 0 Å². The van der Waals surface area contributed by atoms with Crippen molar-refractivity contribution in [3.05, 3.63) is 11.8 Å². The molecule has 1 aliphatic heterocycles. The van der Waals surface area contributed by atoms with Crippen LogP contribution in [-0.2, 0) is 16.2 Å². The molecule has 1 aliphatic rings. The predicted molar refractivity (Wildman–Crippen MR) is 110 cm³/mol. The number of likely N-dealkylation sites (tertiary alicyclic amines) is 1. The highest BCUT2D eigenvalue weighted by atomic mass is 28.3. The molecule has 2 heterocycles. The molecule has 8 heteroatoms. The van der Waals surface area contributed by atoms with Gasteiger partial charge in [-0.3, -0.25) is 4.90 Å². The molecule has 0 aromatic carbocycles. The van der Waals surface area contributed by atoms with Crippen molar-refractivity contribution >= 4 is 20.0 Å². The Balaban J connectivity index is 2.11. The van der Waals surface area contributed by atoms with E-state index in [2.05, 4.69) is 24.7 Å². The fourth-order valence-electron chi connectivity index (χ4n) is 3.13. The second-order valence-electron chi connectivity index (χ2n) is 9.53. The zero-order valence-corrected chi connectivity index (χ0v) is 18.7. The number of hydrogen-bond donors (Lipinski definition) is 1. The lowest BCUT2D eigenvalue weighted by Gasteiger charge is -2.36. The number of ether oxygens (including phenoxy) is 2. The quantitative estimate of drug-likeness (QED) is 0.574. The molecule has 0 aliphatic carbocycles. The Morgan fingerprint density at radius 2 is 2.04 bits per heavy atom. The van der Waals surface area contributed by atoms with E-state index in [1.807, 2.05) is 31.7 Å². The highest BCUT2D eigenvalue weighted by Crippen LogP contribution is 2.33. The molecule has 1 saturated heterocycles. The van der Waals surface area contributed by atoms with Crippen molar-refractivity contribution < 1.29 is 14.3 Å². The molecule has 154 valence electrons. The average molecular weight is 397 g/mol. The molecule has 1 atom stereocenters. The highest BCUT2D eigenvalue weighted by Gasteiger charge is 2.33. The molecular weight excluding hydrogens is 360 g/mol. The molecule has 0 spiro atoms. The van der Waals surface area contributed by atoms with Crippen LogP contribution >= 0.6 is 0 Å². The van der Waals surface area contributed by atoms with Gasteiger partial charge < -0.3 is 15.2 Å². The summed E-state index contributed by atoms with van der Waals surface area (Å²) in [6.45, 7) is 14.4. The van der Waals surface area contributed by atoms with Crippen LogP contribution in [0.15, 0.2) is 6.07 Å². The summed E-state index contributed by atoms with van der Waals surface area (Å²) in [7, 11) is -1.13. The molecule has 0 unspecified atom stereocenters. The Morgan fingerprint density at radius 1 is 1.33 bits per heavy atom. The van der Waals surface area contributed by atoms with Gasteiger partial charge in [0, 0.05) is 27.3 Å². The molecule has 27 heavy (non-hydrogen) atoms.